The maximum atomic E-state index is 10.5. The minimum absolute atomic E-state index is 0.520. The van der Waals surface area contributed by atoms with Crippen LogP contribution < -0.4 is 17.2 Å². The van der Waals surface area contributed by atoms with E-state index in [1.165, 1.54) is 37.7 Å². The van der Waals surface area contributed by atoms with Gasteiger partial charge in [0, 0.05) is 11.6 Å². The van der Waals surface area contributed by atoms with E-state index < -0.39 is 12.0 Å². The number of rotatable bonds is 7. The third kappa shape index (κ3) is 12.0. The second-order valence-corrected chi connectivity index (χ2v) is 7.73. The summed E-state index contributed by atoms with van der Waals surface area (Å²) in [4.78, 5) is 20.6. The highest BCUT2D eigenvalue weighted by Crippen LogP contribution is 2.18. The topological polar surface area (TPSA) is 132 Å². The van der Waals surface area contributed by atoms with Gasteiger partial charge in [0.25, 0.3) is 0 Å². The molecule has 3 rings (SSSR count). The van der Waals surface area contributed by atoms with Crippen molar-refractivity contribution in [2.24, 2.45) is 17.2 Å². The molecule has 1 aliphatic carbocycles. The lowest BCUT2D eigenvalue weighted by Gasteiger charge is -2.15. The highest BCUT2D eigenvalue weighted by atomic mass is 16.4. The van der Waals surface area contributed by atoms with E-state index in [9.17, 15) is 9.59 Å². The SMILES string of the molecule is NC1CCCCC1.NCCCC[C@@H](N)C(=O)O.O=Cc1ccc(-c2ccccc2)cc1. The maximum absolute atomic E-state index is 10.5. The molecule has 0 bridgehead atoms. The van der Waals surface area contributed by atoms with Crippen LogP contribution in [0.25, 0.3) is 11.1 Å². The number of aldehydes is 1. The Morgan fingerprint density at radius 1 is 0.968 bits per heavy atom. The first-order valence-electron chi connectivity index (χ1n) is 11.0. The van der Waals surface area contributed by atoms with Crippen LogP contribution in [-0.4, -0.2) is 36.0 Å². The summed E-state index contributed by atoms with van der Waals surface area (Å²) in [7, 11) is 0. The monoisotopic (exact) mass is 427 g/mol. The number of hydrogen-bond acceptors (Lipinski definition) is 5. The molecular formula is C25H37N3O3. The summed E-state index contributed by atoms with van der Waals surface area (Å²) in [6, 6.07) is 17.5. The van der Waals surface area contributed by atoms with Crippen LogP contribution in [0.3, 0.4) is 0 Å². The lowest BCUT2D eigenvalue weighted by Crippen LogP contribution is -2.29. The summed E-state index contributed by atoms with van der Waals surface area (Å²) >= 11 is 0. The summed E-state index contributed by atoms with van der Waals surface area (Å²) in [5, 5.41) is 8.33. The summed E-state index contributed by atoms with van der Waals surface area (Å²) in [6.07, 6.45) is 9.68. The number of carbonyl (C=O) groups is 2. The molecule has 31 heavy (non-hydrogen) atoms. The predicted molar refractivity (Wildman–Crippen MR) is 127 cm³/mol. The first-order chi connectivity index (χ1) is 15.0. The maximum Gasteiger partial charge on any atom is 0.320 e. The molecule has 0 unspecified atom stereocenters. The molecule has 0 aromatic heterocycles. The predicted octanol–water partition coefficient (Wildman–Crippen LogP) is 3.97. The fourth-order valence-electron chi connectivity index (χ4n) is 3.15. The van der Waals surface area contributed by atoms with E-state index in [0.717, 1.165) is 24.7 Å². The Morgan fingerprint density at radius 3 is 2.00 bits per heavy atom. The Labute approximate surface area is 185 Å². The van der Waals surface area contributed by atoms with Gasteiger partial charge in [-0.3, -0.25) is 9.59 Å². The Hall–Kier alpha value is -2.54. The van der Waals surface area contributed by atoms with Crippen molar-refractivity contribution in [3.05, 3.63) is 60.2 Å². The van der Waals surface area contributed by atoms with Crippen LogP contribution >= 0.6 is 0 Å². The van der Waals surface area contributed by atoms with Gasteiger partial charge in [0.05, 0.1) is 0 Å². The first kappa shape index (κ1) is 26.5. The Bertz CT molecular complexity index is 729. The van der Waals surface area contributed by atoms with Crippen LogP contribution in [0.2, 0.25) is 0 Å². The van der Waals surface area contributed by atoms with Crippen molar-refractivity contribution in [1.29, 1.82) is 0 Å². The normalized spacial score (nSPS) is 14.3. The molecule has 0 spiro atoms. The van der Waals surface area contributed by atoms with E-state index in [0.29, 0.717) is 24.6 Å². The van der Waals surface area contributed by atoms with Crippen molar-refractivity contribution in [2.45, 2.75) is 63.5 Å². The number of unbranched alkanes of at least 4 members (excludes halogenated alkanes) is 1. The molecule has 1 aliphatic rings. The third-order valence-corrected chi connectivity index (χ3v) is 5.09. The second-order valence-electron chi connectivity index (χ2n) is 7.73. The molecule has 170 valence electrons. The van der Waals surface area contributed by atoms with Crippen LogP contribution in [0.4, 0.5) is 0 Å². The summed E-state index contributed by atoms with van der Waals surface area (Å²) < 4.78 is 0. The van der Waals surface area contributed by atoms with Gasteiger partial charge in [0.1, 0.15) is 12.3 Å². The Kier molecular flexibility index (Phi) is 13.8. The average molecular weight is 428 g/mol. The minimum Gasteiger partial charge on any atom is -0.480 e. The van der Waals surface area contributed by atoms with Gasteiger partial charge in [-0.2, -0.15) is 0 Å². The van der Waals surface area contributed by atoms with Crippen molar-refractivity contribution < 1.29 is 14.7 Å². The van der Waals surface area contributed by atoms with Crippen LogP contribution in [0.15, 0.2) is 54.6 Å². The number of carboxylic acid groups (broad SMARTS) is 1. The smallest absolute Gasteiger partial charge is 0.320 e. The lowest BCUT2D eigenvalue weighted by molar-refractivity contribution is -0.138. The van der Waals surface area contributed by atoms with E-state index in [2.05, 4.69) is 12.1 Å². The summed E-state index contributed by atoms with van der Waals surface area (Å²) in [5.74, 6) is -0.933. The molecule has 0 saturated heterocycles. The number of benzene rings is 2. The van der Waals surface area contributed by atoms with Gasteiger partial charge in [-0.15, -0.1) is 0 Å². The van der Waals surface area contributed by atoms with E-state index in [4.69, 9.17) is 22.3 Å². The molecule has 1 saturated carbocycles. The van der Waals surface area contributed by atoms with Gasteiger partial charge in [0.15, 0.2) is 0 Å². The molecule has 2 aromatic rings. The Morgan fingerprint density at radius 2 is 1.55 bits per heavy atom. The van der Waals surface area contributed by atoms with Crippen LogP contribution in [0, 0.1) is 0 Å². The van der Waals surface area contributed by atoms with Crippen molar-refractivity contribution >= 4 is 12.3 Å². The number of carboxylic acids is 1. The molecule has 6 heteroatoms. The van der Waals surface area contributed by atoms with Crippen molar-refractivity contribution in [1.82, 2.24) is 0 Å². The fraction of sp³-hybridized carbons (Fsp3) is 0.440. The molecule has 2 aromatic carbocycles. The molecule has 0 radical (unpaired) electrons. The lowest BCUT2D eigenvalue weighted by atomic mass is 9.97. The molecule has 1 atom stereocenters. The van der Waals surface area contributed by atoms with Crippen LogP contribution in [-0.2, 0) is 4.79 Å². The summed E-state index contributed by atoms with van der Waals surface area (Å²) in [6.45, 7) is 0.604. The zero-order chi connectivity index (χ0) is 22.9. The number of nitrogens with two attached hydrogens (primary N) is 3. The van der Waals surface area contributed by atoms with E-state index in [1.54, 1.807) is 0 Å². The average Bonchev–Trinajstić information content (AvgIpc) is 2.81. The van der Waals surface area contributed by atoms with E-state index in [1.807, 2.05) is 42.5 Å². The summed E-state index contributed by atoms with van der Waals surface area (Å²) in [5.41, 5.74) is 19.1. The second kappa shape index (κ2) is 16.2. The van der Waals surface area contributed by atoms with Gasteiger partial charge < -0.3 is 22.3 Å². The van der Waals surface area contributed by atoms with E-state index in [-0.39, 0.29) is 0 Å². The fourth-order valence-corrected chi connectivity index (χ4v) is 3.15. The molecule has 7 N–H and O–H groups in total. The van der Waals surface area contributed by atoms with Crippen molar-refractivity contribution in [3.8, 4) is 11.1 Å². The number of aliphatic carboxylic acids is 1. The number of hydrogen-bond donors (Lipinski definition) is 4. The Balaban J connectivity index is 0.000000248. The zero-order valence-corrected chi connectivity index (χ0v) is 18.3. The van der Waals surface area contributed by atoms with Gasteiger partial charge in [-0.1, -0.05) is 80.3 Å². The molecule has 0 aliphatic heterocycles. The van der Waals surface area contributed by atoms with Crippen molar-refractivity contribution in [3.63, 3.8) is 0 Å². The van der Waals surface area contributed by atoms with Gasteiger partial charge in [0.2, 0.25) is 0 Å². The molecule has 6 nitrogen and oxygen atoms in total. The highest BCUT2D eigenvalue weighted by Gasteiger charge is 2.09. The zero-order valence-electron chi connectivity index (χ0n) is 18.3. The molecule has 0 heterocycles. The molecule has 1 fully saturated rings. The van der Waals surface area contributed by atoms with Gasteiger partial charge in [-0.05, 0) is 43.4 Å². The van der Waals surface area contributed by atoms with Gasteiger partial charge in [-0.25, -0.2) is 0 Å². The number of carbonyl (C=O) groups excluding carboxylic acids is 1. The largest absolute Gasteiger partial charge is 0.480 e. The highest BCUT2D eigenvalue weighted by molar-refractivity contribution is 5.76. The minimum atomic E-state index is -0.933. The van der Waals surface area contributed by atoms with Crippen molar-refractivity contribution in [2.75, 3.05) is 6.54 Å². The van der Waals surface area contributed by atoms with Crippen LogP contribution in [0.1, 0.15) is 61.7 Å². The third-order valence-electron chi connectivity index (χ3n) is 5.09. The first-order valence-corrected chi connectivity index (χ1v) is 11.0. The van der Waals surface area contributed by atoms with Crippen LogP contribution in [0.5, 0.6) is 0 Å². The van der Waals surface area contributed by atoms with Gasteiger partial charge >= 0.3 is 5.97 Å². The standard InChI is InChI=1S/C13H10O.C6H14N2O2.C6H13N/c14-10-11-6-8-13(9-7-11)12-4-2-1-3-5-12;7-4-2-1-3-5(8)6(9)10;7-6-4-2-1-3-5-6/h1-10H;5H,1-4,7-8H2,(H,9,10);6H,1-5,7H2/t;5-;/m.1./s1. The van der Waals surface area contributed by atoms with E-state index >= 15 is 0 Å². The molecule has 0 amide bonds. The quantitative estimate of drug-likeness (QED) is 0.390. The molecular weight excluding hydrogens is 390 g/mol.